The minimum atomic E-state index is -0.183. The van der Waals surface area contributed by atoms with E-state index in [1.54, 1.807) is 0 Å². The van der Waals surface area contributed by atoms with Crippen LogP contribution < -0.4 is 5.32 Å². The highest BCUT2D eigenvalue weighted by molar-refractivity contribution is 5.99. The molecule has 2 aliphatic rings. The number of carbonyl (C=O) groups is 1. The first-order chi connectivity index (χ1) is 12.6. The van der Waals surface area contributed by atoms with E-state index in [0.29, 0.717) is 13.1 Å². The van der Waals surface area contributed by atoms with Crippen LogP contribution in [0.25, 0.3) is 16.5 Å². The van der Waals surface area contributed by atoms with Gasteiger partial charge in [-0.3, -0.25) is 9.69 Å². The van der Waals surface area contributed by atoms with Gasteiger partial charge in [0.1, 0.15) is 0 Å². The number of carbonyl (C=O) groups excluding carboxylic acids is 1. The Balaban J connectivity index is 1.75. The molecule has 3 atom stereocenters. The van der Waals surface area contributed by atoms with Gasteiger partial charge in [0.25, 0.3) is 0 Å². The summed E-state index contributed by atoms with van der Waals surface area (Å²) in [5.74, 6) is -0.0992. The molecule has 26 heavy (non-hydrogen) atoms. The van der Waals surface area contributed by atoms with Crippen LogP contribution in [0.3, 0.4) is 0 Å². The number of nitrogens with one attached hydrogen (secondary N) is 2. The van der Waals surface area contributed by atoms with Crippen LogP contribution in [0.5, 0.6) is 0 Å². The first-order valence-electron chi connectivity index (χ1n) is 9.58. The quantitative estimate of drug-likeness (QED) is 0.773. The Morgan fingerprint density at radius 2 is 2.31 bits per heavy atom. The zero-order valence-electron chi connectivity index (χ0n) is 15.5. The van der Waals surface area contributed by atoms with Crippen LogP contribution in [0, 0.1) is 5.92 Å². The van der Waals surface area contributed by atoms with E-state index in [2.05, 4.69) is 52.6 Å². The Morgan fingerprint density at radius 1 is 1.46 bits per heavy atom. The molecule has 0 bridgehead atoms. The number of aliphatic hydroxyl groups excluding tert-OH is 1. The number of amides is 1. The number of H-pyrrole nitrogens is 1. The monoisotopic (exact) mass is 353 g/mol. The SMILES string of the molecule is CC[C@@H](C)NC(=O)[C@@H]1C=C2c3cccc4[nH]cc(c34)C[C@H]2N(CCO)C1. The van der Waals surface area contributed by atoms with Crippen LogP contribution in [-0.4, -0.2) is 52.7 Å². The minimum absolute atomic E-state index is 0.0836. The van der Waals surface area contributed by atoms with E-state index in [-0.39, 0.29) is 30.5 Å². The molecule has 5 heteroatoms. The number of aromatic amines is 1. The first-order valence-corrected chi connectivity index (χ1v) is 9.58. The van der Waals surface area contributed by atoms with Gasteiger partial charge in [-0.15, -0.1) is 0 Å². The summed E-state index contributed by atoms with van der Waals surface area (Å²) in [6.45, 7) is 5.47. The topological polar surface area (TPSA) is 68.4 Å². The summed E-state index contributed by atoms with van der Waals surface area (Å²) in [6.07, 6.45) is 6.11. The summed E-state index contributed by atoms with van der Waals surface area (Å²) < 4.78 is 0. The fourth-order valence-electron chi connectivity index (χ4n) is 4.32. The molecule has 0 fully saturated rings. The molecule has 2 heterocycles. The lowest BCUT2D eigenvalue weighted by atomic mass is 9.79. The molecular weight excluding hydrogens is 326 g/mol. The van der Waals surface area contributed by atoms with Gasteiger partial charge in [-0.05, 0) is 42.5 Å². The maximum Gasteiger partial charge on any atom is 0.228 e. The van der Waals surface area contributed by atoms with Crippen LogP contribution in [-0.2, 0) is 11.2 Å². The van der Waals surface area contributed by atoms with E-state index in [9.17, 15) is 9.90 Å². The molecule has 1 aliphatic carbocycles. The van der Waals surface area contributed by atoms with E-state index < -0.39 is 0 Å². The molecule has 1 aromatic heterocycles. The van der Waals surface area contributed by atoms with E-state index >= 15 is 0 Å². The second-order valence-corrected chi connectivity index (χ2v) is 7.53. The predicted octanol–water partition coefficient (Wildman–Crippen LogP) is 2.31. The van der Waals surface area contributed by atoms with Gasteiger partial charge in [0.05, 0.1) is 12.5 Å². The van der Waals surface area contributed by atoms with Crippen LogP contribution in [0.15, 0.2) is 30.5 Å². The molecule has 0 saturated carbocycles. The highest BCUT2D eigenvalue weighted by Gasteiger charge is 2.37. The summed E-state index contributed by atoms with van der Waals surface area (Å²) in [7, 11) is 0. The number of benzene rings is 1. The fourth-order valence-corrected chi connectivity index (χ4v) is 4.32. The Morgan fingerprint density at radius 3 is 3.08 bits per heavy atom. The lowest BCUT2D eigenvalue weighted by molar-refractivity contribution is -0.125. The van der Waals surface area contributed by atoms with Crippen molar-refractivity contribution in [3.63, 3.8) is 0 Å². The van der Waals surface area contributed by atoms with E-state index in [1.165, 1.54) is 22.1 Å². The third kappa shape index (κ3) is 2.85. The molecular formula is C21H27N3O2. The van der Waals surface area contributed by atoms with Crippen LogP contribution >= 0.6 is 0 Å². The Kier molecular flexibility index (Phi) is 4.59. The van der Waals surface area contributed by atoms with Gasteiger partial charge in [-0.25, -0.2) is 0 Å². The fraction of sp³-hybridized carbons (Fsp3) is 0.476. The van der Waals surface area contributed by atoms with Crippen molar-refractivity contribution in [1.82, 2.24) is 15.2 Å². The molecule has 2 aromatic rings. The van der Waals surface area contributed by atoms with Gasteiger partial charge < -0.3 is 15.4 Å². The average Bonchev–Trinajstić information content (AvgIpc) is 3.06. The van der Waals surface area contributed by atoms with Crippen molar-refractivity contribution in [1.29, 1.82) is 0 Å². The number of nitrogens with zero attached hydrogens (tertiary/aromatic N) is 1. The normalized spacial score (nSPS) is 23.4. The van der Waals surface area contributed by atoms with Gasteiger partial charge in [-0.1, -0.05) is 25.1 Å². The molecule has 4 rings (SSSR count). The molecule has 1 amide bonds. The van der Waals surface area contributed by atoms with Crippen molar-refractivity contribution in [2.45, 2.75) is 38.8 Å². The summed E-state index contributed by atoms with van der Waals surface area (Å²) in [6, 6.07) is 6.73. The molecule has 0 unspecified atom stereocenters. The second-order valence-electron chi connectivity index (χ2n) is 7.53. The summed E-state index contributed by atoms with van der Waals surface area (Å²) in [5.41, 5.74) is 4.92. The number of hydrogen-bond donors (Lipinski definition) is 3. The van der Waals surface area contributed by atoms with E-state index in [4.69, 9.17) is 0 Å². The van der Waals surface area contributed by atoms with Crippen LogP contribution in [0.1, 0.15) is 31.4 Å². The van der Waals surface area contributed by atoms with Crippen molar-refractivity contribution in [2.75, 3.05) is 19.7 Å². The maximum atomic E-state index is 12.8. The number of hydrogen-bond acceptors (Lipinski definition) is 3. The highest BCUT2D eigenvalue weighted by Crippen LogP contribution is 2.41. The first kappa shape index (κ1) is 17.3. The Bertz CT molecular complexity index is 854. The molecule has 1 aromatic carbocycles. The van der Waals surface area contributed by atoms with Gasteiger partial charge in [0, 0.05) is 42.3 Å². The second kappa shape index (κ2) is 6.89. The predicted molar refractivity (Wildman–Crippen MR) is 104 cm³/mol. The summed E-state index contributed by atoms with van der Waals surface area (Å²) >= 11 is 0. The third-order valence-corrected chi connectivity index (χ3v) is 5.85. The van der Waals surface area contributed by atoms with Crippen molar-refractivity contribution < 1.29 is 9.90 Å². The molecule has 0 spiro atoms. The summed E-state index contributed by atoms with van der Waals surface area (Å²) in [4.78, 5) is 18.4. The number of aliphatic hydroxyl groups is 1. The molecule has 1 aliphatic heterocycles. The molecule has 3 N–H and O–H groups in total. The number of rotatable bonds is 5. The van der Waals surface area contributed by atoms with Crippen LogP contribution in [0.2, 0.25) is 0 Å². The molecule has 5 nitrogen and oxygen atoms in total. The lowest BCUT2D eigenvalue weighted by Crippen LogP contribution is -2.50. The number of β-amino-alcohol motifs (C(OH)–C–C–N with tert-alkyl or cyclic N) is 1. The average molecular weight is 353 g/mol. The minimum Gasteiger partial charge on any atom is -0.395 e. The Hall–Kier alpha value is -2.11. The van der Waals surface area contributed by atoms with E-state index in [1.807, 2.05) is 6.92 Å². The lowest BCUT2D eigenvalue weighted by Gasteiger charge is -2.41. The standard InChI is InChI=1S/C21H27N3O2/c1-3-13(2)23-21(26)15-9-17-16-5-4-6-18-20(16)14(11-22-18)10-19(17)24(12-15)7-8-25/h4-6,9,11,13,15,19,22,25H,3,7-8,10,12H2,1-2H3,(H,23,26)/t13-,15-,19-/m1/s1. The highest BCUT2D eigenvalue weighted by atomic mass is 16.3. The van der Waals surface area contributed by atoms with Crippen molar-refractivity contribution in [3.05, 3.63) is 41.6 Å². The number of fused-ring (bicyclic) bond motifs is 2. The van der Waals surface area contributed by atoms with Crippen LogP contribution in [0.4, 0.5) is 0 Å². The molecule has 0 saturated heterocycles. The van der Waals surface area contributed by atoms with E-state index in [0.717, 1.165) is 18.4 Å². The van der Waals surface area contributed by atoms with Crippen molar-refractivity contribution in [2.24, 2.45) is 5.92 Å². The third-order valence-electron chi connectivity index (χ3n) is 5.85. The zero-order chi connectivity index (χ0) is 18.3. The smallest absolute Gasteiger partial charge is 0.228 e. The zero-order valence-corrected chi connectivity index (χ0v) is 15.5. The van der Waals surface area contributed by atoms with Crippen molar-refractivity contribution >= 4 is 22.4 Å². The molecule has 0 radical (unpaired) electrons. The van der Waals surface area contributed by atoms with Gasteiger partial charge in [0.2, 0.25) is 5.91 Å². The largest absolute Gasteiger partial charge is 0.395 e. The summed E-state index contributed by atoms with van der Waals surface area (Å²) in [5, 5.41) is 14.0. The van der Waals surface area contributed by atoms with Gasteiger partial charge in [-0.2, -0.15) is 0 Å². The van der Waals surface area contributed by atoms with Crippen molar-refractivity contribution in [3.8, 4) is 0 Å². The number of aromatic nitrogens is 1. The van der Waals surface area contributed by atoms with Gasteiger partial charge in [0.15, 0.2) is 0 Å². The molecule has 138 valence electrons. The van der Waals surface area contributed by atoms with Gasteiger partial charge >= 0.3 is 0 Å². The maximum absolute atomic E-state index is 12.8. The Labute approximate surface area is 154 Å².